The van der Waals surface area contributed by atoms with Gasteiger partial charge < -0.3 is 4.57 Å². The molecule has 0 saturated carbocycles. The average Bonchev–Trinajstić information content (AvgIpc) is 3.35. The number of hydrogen-bond acceptors (Lipinski definition) is 4. The standard InChI is InChI=1S/C23H22FN5OS/c1-14-10-15(2)28(26-14)8-9-29-23(30)21-19(12-25-29)22-20(11-16(3)31-22)27(21)13-17-4-6-18(24)7-5-17/h4-7,10-12H,8-9,13H2,1-3H3. The maximum atomic E-state index is 13.5. The molecule has 31 heavy (non-hydrogen) atoms. The van der Waals surface area contributed by atoms with Gasteiger partial charge in [0.25, 0.3) is 5.56 Å². The first-order valence-electron chi connectivity index (χ1n) is 10.1. The van der Waals surface area contributed by atoms with Crippen LogP contribution in [0.2, 0.25) is 0 Å². The van der Waals surface area contributed by atoms with Crippen molar-refractivity contribution in [3.63, 3.8) is 0 Å². The molecular weight excluding hydrogens is 413 g/mol. The predicted octanol–water partition coefficient (Wildman–Crippen LogP) is 4.42. The lowest BCUT2D eigenvalue weighted by Gasteiger charge is -2.10. The Morgan fingerprint density at radius 3 is 2.48 bits per heavy atom. The Labute approximate surface area is 182 Å². The SMILES string of the molecule is Cc1cc(C)n(CCn2ncc3c4sc(C)cc4n(Cc4ccc(F)cc4)c3c2=O)n1. The topological polar surface area (TPSA) is 57.6 Å². The Balaban J connectivity index is 1.60. The fraction of sp³-hybridized carbons (Fsp3) is 0.261. The summed E-state index contributed by atoms with van der Waals surface area (Å²) < 4.78 is 19.9. The van der Waals surface area contributed by atoms with Crippen molar-refractivity contribution in [2.75, 3.05) is 0 Å². The van der Waals surface area contributed by atoms with E-state index in [-0.39, 0.29) is 11.4 Å². The number of thiophene rings is 1. The summed E-state index contributed by atoms with van der Waals surface area (Å²) in [5, 5.41) is 9.79. The zero-order valence-corrected chi connectivity index (χ0v) is 18.4. The Bertz CT molecular complexity index is 1470. The van der Waals surface area contributed by atoms with E-state index < -0.39 is 0 Å². The predicted molar refractivity (Wildman–Crippen MR) is 121 cm³/mol. The molecule has 0 aliphatic carbocycles. The summed E-state index contributed by atoms with van der Waals surface area (Å²) in [5.41, 5.74) is 4.47. The van der Waals surface area contributed by atoms with E-state index in [1.54, 1.807) is 29.7 Å². The maximum Gasteiger partial charge on any atom is 0.291 e. The largest absolute Gasteiger partial charge is 0.331 e. The van der Waals surface area contributed by atoms with Crippen LogP contribution in [-0.2, 0) is 19.6 Å². The number of fused-ring (bicyclic) bond motifs is 3. The van der Waals surface area contributed by atoms with Crippen LogP contribution in [0.4, 0.5) is 4.39 Å². The molecule has 0 bridgehead atoms. The van der Waals surface area contributed by atoms with Gasteiger partial charge in [-0.25, -0.2) is 9.07 Å². The molecule has 0 aliphatic heterocycles. The summed E-state index contributed by atoms with van der Waals surface area (Å²) in [6, 6.07) is 10.5. The second-order valence-electron chi connectivity index (χ2n) is 7.87. The Morgan fingerprint density at radius 1 is 1.03 bits per heavy atom. The number of benzene rings is 1. The first kappa shape index (κ1) is 19.7. The summed E-state index contributed by atoms with van der Waals surface area (Å²) in [7, 11) is 0. The molecule has 0 N–H and O–H groups in total. The van der Waals surface area contributed by atoms with Crippen LogP contribution in [-0.4, -0.2) is 24.1 Å². The van der Waals surface area contributed by atoms with Crippen molar-refractivity contribution in [3.8, 4) is 0 Å². The molecule has 5 aromatic rings. The van der Waals surface area contributed by atoms with Crippen molar-refractivity contribution < 1.29 is 4.39 Å². The number of halogens is 1. The smallest absolute Gasteiger partial charge is 0.291 e. The Kier molecular flexibility index (Phi) is 4.74. The Morgan fingerprint density at radius 2 is 1.77 bits per heavy atom. The highest BCUT2D eigenvalue weighted by Crippen LogP contribution is 2.34. The van der Waals surface area contributed by atoms with E-state index in [2.05, 4.69) is 23.2 Å². The monoisotopic (exact) mass is 435 g/mol. The van der Waals surface area contributed by atoms with Gasteiger partial charge in [-0.1, -0.05) is 12.1 Å². The summed E-state index contributed by atoms with van der Waals surface area (Å²) in [6.07, 6.45) is 1.79. The van der Waals surface area contributed by atoms with E-state index in [9.17, 15) is 9.18 Å². The van der Waals surface area contributed by atoms with Crippen molar-refractivity contribution >= 4 is 32.5 Å². The molecule has 4 aromatic heterocycles. The van der Waals surface area contributed by atoms with Crippen LogP contribution in [0, 0.1) is 26.6 Å². The van der Waals surface area contributed by atoms with Gasteiger partial charge in [0.05, 0.1) is 35.2 Å². The molecule has 0 atom stereocenters. The minimum atomic E-state index is -0.270. The number of hydrogen-bond donors (Lipinski definition) is 0. The number of rotatable bonds is 5. The van der Waals surface area contributed by atoms with Crippen LogP contribution in [0.25, 0.3) is 21.1 Å². The molecular formula is C23H22FN5OS. The molecule has 158 valence electrons. The van der Waals surface area contributed by atoms with Gasteiger partial charge in [0, 0.05) is 22.5 Å². The zero-order chi connectivity index (χ0) is 21.7. The summed E-state index contributed by atoms with van der Waals surface area (Å²) in [5.74, 6) is -0.270. The molecule has 4 heterocycles. The number of nitrogens with zero attached hydrogens (tertiary/aromatic N) is 5. The van der Waals surface area contributed by atoms with Gasteiger partial charge in [0.2, 0.25) is 0 Å². The quantitative estimate of drug-likeness (QED) is 0.411. The van der Waals surface area contributed by atoms with Crippen LogP contribution in [0.1, 0.15) is 21.8 Å². The highest BCUT2D eigenvalue weighted by atomic mass is 32.1. The van der Waals surface area contributed by atoms with Crippen LogP contribution >= 0.6 is 11.3 Å². The third-order valence-corrected chi connectivity index (χ3v) is 6.61. The minimum Gasteiger partial charge on any atom is -0.331 e. The lowest BCUT2D eigenvalue weighted by molar-refractivity contribution is 0.476. The molecule has 0 fully saturated rings. The van der Waals surface area contributed by atoms with E-state index in [1.165, 1.54) is 21.7 Å². The molecule has 0 amide bonds. The van der Waals surface area contributed by atoms with Gasteiger partial charge in [-0.2, -0.15) is 10.2 Å². The van der Waals surface area contributed by atoms with E-state index in [4.69, 9.17) is 0 Å². The molecule has 8 heteroatoms. The molecule has 0 unspecified atom stereocenters. The number of aryl methyl sites for hydroxylation is 5. The second-order valence-corrected chi connectivity index (χ2v) is 9.13. The van der Waals surface area contributed by atoms with E-state index >= 15 is 0 Å². The molecule has 5 rings (SSSR count). The van der Waals surface area contributed by atoms with Gasteiger partial charge in [-0.05, 0) is 50.6 Å². The third-order valence-electron chi connectivity index (χ3n) is 5.54. The summed E-state index contributed by atoms with van der Waals surface area (Å²) >= 11 is 1.66. The van der Waals surface area contributed by atoms with Crippen molar-refractivity contribution in [3.05, 3.63) is 80.6 Å². The molecule has 0 spiro atoms. The van der Waals surface area contributed by atoms with Gasteiger partial charge in [0.15, 0.2) is 0 Å². The van der Waals surface area contributed by atoms with Crippen molar-refractivity contribution in [2.45, 2.75) is 40.4 Å². The fourth-order valence-electron chi connectivity index (χ4n) is 4.11. The highest BCUT2D eigenvalue weighted by molar-refractivity contribution is 7.20. The third kappa shape index (κ3) is 3.46. The van der Waals surface area contributed by atoms with E-state index in [0.717, 1.165) is 32.6 Å². The Hall–Kier alpha value is -3.26. The fourth-order valence-corrected chi connectivity index (χ4v) is 5.13. The first-order valence-corrected chi connectivity index (χ1v) is 11.0. The number of aromatic nitrogens is 5. The summed E-state index contributed by atoms with van der Waals surface area (Å²) in [6.45, 7) is 7.52. The first-order chi connectivity index (χ1) is 14.9. The molecule has 0 aliphatic rings. The van der Waals surface area contributed by atoms with Crippen molar-refractivity contribution in [2.24, 2.45) is 0 Å². The van der Waals surface area contributed by atoms with Gasteiger partial charge in [-0.3, -0.25) is 9.48 Å². The van der Waals surface area contributed by atoms with Gasteiger partial charge >= 0.3 is 0 Å². The molecule has 1 aromatic carbocycles. The van der Waals surface area contributed by atoms with Gasteiger partial charge in [0.1, 0.15) is 11.3 Å². The lowest BCUT2D eigenvalue weighted by Crippen LogP contribution is -2.26. The maximum absolute atomic E-state index is 13.5. The van der Waals surface area contributed by atoms with Crippen molar-refractivity contribution in [1.29, 1.82) is 0 Å². The summed E-state index contributed by atoms with van der Waals surface area (Å²) in [4.78, 5) is 14.6. The van der Waals surface area contributed by atoms with Crippen LogP contribution < -0.4 is 5.56 Å². The average molecular weight is 436 g/mol. The minimum absolute atomic E-state index is 0.123. The molecule has 6 nitrogen and oxygen atoms in total. The lowest BCUT2D eigenvalue weighted by atomic mass is 10.2. The van der Waals surface area contributed by atoms with Crippen molar-refractivity contribution in [1.82, 2.24) is 24.1 Å². The molecule has 0 saturated heterocycles. The van der Waals surface area contributed by atoms with Crippen LogP contribution in [0.5, 0.6) is 0 Å². The van der Waals surface area contributed by atoms with Crippen LogP contribution in [0.15, 0.2) is 47.4 Å². The van der Waals surface area contributed by atoms with E-state index in [1.807, 2.05) is 29.2 Å². The van der Waals surface area contributed by atoms with Gasteiger partial charge in [-0.15, -0.1) is 11.3 Å². The normalized spacial score (nSPS) is 11.7. The van der Waals surface area contributed by atoms with E-state index in [0.29, 0.717) is 25.2 Å². The van der Waals surface area contributed by atoms with Crippen LogP contribution in [0.3, 0.4) is 0 Å². The highest BCUT2D eigenvalue weighted by Gasteiger charge is 2.18. The molecule has 0 radical (unpaired) electrons. The second kappa shape index (κ2) is 7.46. The zero-order valence-electron chi connectivity index (χ0n) is 17.6.